The molecule has 4 nitrogen and oxygen atoms in total. The molecule has 0 aromatic heterocycles. The van der Waals surface area contributed by atoms with Crippen LogP contribution in [0.1, 0.15) is 34.3 Å². The lowest BCUT2D eigenvalue weighted by Gasteiger charge is -2.31. The fourth-order valence-corrected chi connectivity index (χ4v) is 2.60. The SMILES string of the molecule is COc1c(C#N)ccc(C2(F)CCOCC2)c1C(=O)Cl. The fourth-order valence-electron chi connectivity index (χ4n) is 2.42. The highest BCUT2D eigenvalue weighted by atomic mass is 35.5. The van der Waals surface area contributed by atoms with Gasteiger partial charge < -0.3 is 9.47 Å². The minimum Gasteiger partial charge on any atom is -0.495 e. The molecule has 0 spiro atoms. The highest BCUT2D eigenvalue weighted by Crippen LogP contribution is 2.42. The highest BCUT2D eigenvalue weighted by molar-refractivity contribution is 6.68. The van der Waals surface area contributed by atoms with E-state index in [9.17, 15) is 4.79 Å². The van der Waals surface area contributed by atoms with Crippen molar-refractivity contribution in [2.24, 2.45) is 0 Å². The zero-order valence-electron chi connectivity index (χ0n) is 10.9. The molecule has 1 aliphatic rings. The fraction of sp³-hybridized carbons (Fsp3) is 0.429. The maximum absolute atomic E-state index is 15.0. The Morgan fingerprint density at radius 2 is 2.15 bits per heavy atom. The van der Waals surface area contributed by atoms with Crippen molar-refractivity contribution in [3.63, 3.8) is 0 Å². The molecule has 0 amide bonds. The number of carbonyl (C=O) groups is 1. The first-order valence-corrected chi connectivity index (χ1v) is 6.49. The Balaban J connectivity index is 2.64. The van der Waals surface area contributed by atoms with Crippen LogP contribution in [0.15, 0.2) is 12.1 Å². The van der Waals surface area contributed by atoms with Crippen LogP contribution < -0.4 is 4.74 Å². The van der Waals surface area contributed by atoms with Crippen LogP contribution in [0.25, 0.3) is 0 Å². The van der Waals surface area contributed by atoms with Crippen molar-refractivity contribution in [1.29, 1.82) is 5.26 Å². The average Bonchev–Trinajstić information content (AvgIpc) is 2.46. The van der Waals surface area contributed by atoms with Crippen molar-refractivity contribution < 1.29 is 18.7 Å². The normalized spacial score (nSPS) is 17.3. The molecule has 0 N–H and O–H groups in total. The topological polar surface area (TPSA) is 59.3 Å². The molecule has 20 heavy (non-hydrogen) atoms. The zero-order valence-corrected chi connectivity index (χ0v) is 11.7. The van der Waals surface area contributed by atoms with Gasteiger partial charge in [0.25, 0.3) is 5.24 Å². The third-order valence-corrected chi connectivity index (χ3v) is 3.64. The van der Waals surface area contributed by atoms with Crippen molar-refractivity contribution >= 4 is 16.8 Å². The lowest BCUT2D eigenvalue weighted by atomic mass is 9.84. The molecule has 1 fully saturated rings. The Hall–Kier alpha value is -1.64. The highest BCUT2D eigenvalue weighted by Gasteiger charge is 2.39. The van der Waals surface area contributed by atoms with Gasteiger partial charge in [0.15, 0.2) is 0 Å². The van der Waals surface area contributed by atoms with Gasteiger partial charge in [-0.1, -0.05) is 6.07 Å². The van der Waals surface area contributed by atoms with Crippen LogP contribution in [0.4, 0.5) is 4.39 Å². The van der Waals surface area contributed by atoms with Crippen LogP contribution >= 0.6 is 11.6 Å². The van der Waals surface area contributed by atoms with Gasteiger partial charge in [0.05, 0.1) is 18.2 Å². The lowest BCUT2D eigenvalue weighted by Crippen LogP contribution is -2.31. The molecule has 106 valence electrons. The van der Waals surface area contributed by atoms with E-state index in [1.54, 1.807) is 0 Å². The van der Waals surface area contributed by atoms with Crippen LogP contribution in [0.2, 0.25) is 0 Å². The van der Waals surface area contributed by atoms with E-state index >= 15 is 4.39 Å². The summed E-state index contributed by atoms with van der Waals surface area (Å²) >= 11 is 5.58. The van der Waals surface area contributed by atoms with Crippen molar-refractivity contribution in [1.82, 2.24) is 0 Å². The summed E-state index contributed by atoms with van der Waals surface area (Å²) in [6.07, 6.45) is 0.276. The van der Waals surface area contributed by atoms with Crippen molar-refractivity contribution in [2.75, 3.05) is 20.3 Å². The van der Waals surface area contributed by atoms with Gasteiger partial charge in [-0.25, -0.2) is 4.39 Å². The number of ether oxygens (including phenoxy) is 2. The first-order valence-electron chi connectivity index (χ1n) is 6.11. The Morgan fingerprint density at radius 1 is 1.50 bits per heavy atom. The zero-order chi connectivity index (χ0) is 14.8. The van der Waals surface area contributed by atoms with Crippen molar-refractivity contribution in [3.05, 3.63) is 28.8 Å². The Labute approximate surface area is 121 Å². The van der Waals surface area contributed by atoms with Gasteiger partial charge in [-0.05, 0) is 17.7 Å². The first kappa shape index (κ1) is 14.8. The standard InChI is InChI=1S/C14H13ClFNO3/c1-19-12-9(8-17)2-3-10(11(12)13(15)18)14(16)4-6-20-7-5-14/h2-3H,4-7H2,1H3. The molecule has 1 aromatic carbocycles. The first-order chi connectivity index (χ1) is 9.53. The molecule has 2 rings (SSSR count). The summed E-state index contributed by atoms with van der Waals surface area (Å²) in [5.41, 5.74) is -1.45. The molecule has 0 aliphatic carbocycles. The molecule has 1 aromatic rings. The summed E-state index contributed by atoms with van der Waals surface area (Å²) in [5.74, 6) is 0.0218. The van der Waals surface area contributed by atoms with E-state index in [2.05, 4.69) is 0 Å². The molecule has 0 unspecified atom stereocenters. The van der Waals surface area contributed by atoms with Gasteiger partial charge in [-0.15, -0.1) is 0 Å². The summed E-state index contributed by atoms with van der Waals surface area (Å²) < 4.78 is 25.3. The number of hydrogen-bond donors (Lipinski definition) is 0. The van der Waals surface area contributed by atoms with E-state index in [0.717, 1.165) is 0 Å². The predicted octanol–water partition coefficient (Wildman–Crippen LogP) is 2.92. The molecule has 0 bridgehead atoms. The molecule has 1 saturated heterocycles. The van der Waals surface area contributed by atoms with Gasteiger partial charge in [0.2, 0.25) is 0 Å². The van der Waals surface area contributed by atoms with Crippen LogP contribution in [-0.4, -0.2) is 25.6 Å². The van der Waals surface area contributed by atoms with E-state index < -0.39 is 10.9 Å². The molecule has 6 heteroatoms. The van der Waals surface area contributed by atoms with Gasteiger partial charge in [-0.3, -0.25) is 4.79 Å². The summed E-state index contributed by atoms with van der Waals surface area (Å²) in [6.45, 7) is 0.545. The molecule has 1 aliphatic heterocycles. The second-order valence-electron chi connectivity index (χ2n) is 4.53. The molecular formula is C14H13ClFNO3. The van der Waals surface area contributed by atoms with Crippen LogP contribution in [-0.2, 0) is 10.4 Å². The maximum atomic E-state index is 15.0. The van der Waals surface area contributed by atoms with Crippen molar-refractivity contribution in [2.45, 2.75) is 18.5 Å². The number of nitriles is 1. The van der Waals surface area contributed by atoms with E-state index in [0.29, 0.717) is 0 Å². The van der Waals surface area contributed by atoms with E-state index in [4.69, 9.17) is 26.3 Å². The maximum Gasteiger partial charge on any atom is 0.256 e. The second kappa shape index (κ2) is 5.78. The summed E-state index contributed by atoms with van der Waals surface area (Å²) in [4.78, 5) is 11.7. The van der Waals surface area contributed by atoms with Gasteiger partial charge >= 0.3 is 0 Å². The average molecular weight is 298 g/mol. The van der Waals surface area contributed by atoms with E-state index in [-0.39, 0.29) is 48.5 Å². The third-order valence-electron chi connectivity index (χ3n) is 3.45. The lowest BCUT2D eigenvalue weighted by molar-refractivity contribution is -0.0119. The summed E-state index contributed by atoms with van der Waals surface area (Å²) in [6, 6.07) is 4.77. The quantitative estimate of drug-likeness (QED) is 0.805. The van der Waals surface area contributed by atoms with Crippen molar-refractivity contribution in [3.8, 4) is 11.8 Å². The molecule has 1 heterocycles. The van der Waals surface area contributed by atoms with E-state index in [1.807, 2.05) is 6.07 Å². The largest absolute Gasteiger partial charge is 0.495 e. The number of nitrogens with zero attached hydrogens (tertiary/aromatic N) is 1. The number of hydrogen-bond acceptors (Lipinski definition) is 4. The Kier molecular flexibility index (Phi) is 4.26. The predicted molar refractivity (Wildman–Crippen MR) is 70.7 cm³/mol. The van der Waals surface area contributed by atoms with E-state index in [1.165, 1.54) is 19.2 Å². The number of rotatable bonds is 3. The van der Waals surface area contributed by atoms with Crippen LogP contribution in [0.3, 0.4) is 0 Å². The summed E-state index contributed by atoms with van der Waals surface area (Å²) in [7, 11) is 1.32. The van der Waals surface area contributed by atoms with Gasteiger partial charge in [-0.2, -0.15) is 5.26 Å². The second-order valence-corrected chi connectivity index (χ2v) is 4.88. The van der Waals surface area contributed by atoms with Crippen LogP contribution in [0.5, 0.6) is 5.75 Å². The molecule has 0 radical (unpaired) electrons. The van der Waals surface area contributed by atoms with Gasteiger partial charge in [0, 0.05) is 31.6 Å². The number of carbonyl (C=O) groups excluding carboxylic acids is 1. The number of alkyl halides is 1. The Morgan fingerprint density at radius 3 is 2.65 bits per heavy atom. The number of halogens is 2. The Bertz CT molecular complexity index is 577. The number of benzene rings is 1. The van der Waals surface area contributed by atoms with Gasteiger partial charge in [0.1, 0.15) is 17.5 Å². The molecule has 0 saturated carbocycles. The number of methoxy groups -OCH3 is 1. The molecular weight excluding hydrogens is 285 g/mol. The minimum absolute atomic E-state index is 0.0218. The molecule has 0 atom stereocenters. The van der Waals surface area contributed by atoms with Crippen LogP contribution in [0, 0.1) is 11.3 Å². The summed E-state index contributed by atoms with van der Waals surface area (Å²) in [5, 5.41) is 8.19. The smallest absolute Gasteiger partial charge is 0.256 e. The third kappa shape index (κ3) is 2.49. The monoisotopic (exact) mass is 297 g/mol. The minimum atomic E-state index is -1.70.